The molecule has 92 valence electrons. The van der Waals surface area contributed by atoms with E-state index in [2.05, 4.69) is 11.3 Å². The van der Waals surface area contributed by atoms with Crippen molar-refractivity contribution in [2.24, 2.45) is 0 Å². The molecule has 0 rings (SSSR count). The Labute approximate surface area is 96.0 Å². The van der Waals surface area contributed by atoms with Gasteiger partial charge < -0.3 is 9.47 Å². The summed E-state index contributed by atoms with van der Waals surface area (Å²) in [5.41, 5.74) is -0.635. The number of rotatable bonds is 4. The Morgan fingerprint density at radius 1 is 1.38 bits per heavy atom. The molecule has 5 nitrogen and oxygen atoms in total. The quantitative estimate of drug-likeness (QED) is 0.687. The highest BCUT2D eigenvalue weighted by atomic mass is 16.6. The minimum Gasteiger partial charge on any atom is -0.443 e. The van der Waals surface area contributed by atoms with E-state index in [4.69, 9.17) is 4.74 Å². The first-order chi connectivity index (χ1) is 7.31. The number of imide groups is 1. The van der Waals surface area contributed by atoms with Gasteiger partial charge in [-0.1, -0.05) is 6.08 Å². The van der Waals surface area contributed by atoms with Crippen molar-refractivity contribution in [3.63, 3.8) is 0 Å². The zero-order valence-corrected chi connectivity index (χ0v) is 10.3. The number of nitrogens with zero attached hydrogens (tertiary/aromatic N) is 1. The number of ether oxygens (including phenoxy) is 2. The van der Waals surface area contributed by atoms with Gasteiger partial charge in [-0.15, -0.1) is 6.58 Å². The molecular weight excluding hydrogens is 210 g/mol. The van der Waals surface area contributed by atoms with E-state index in [0.29, 0.717) is 0 Å². The van der Waals surface area contributed by atoms with Crippen LogP contribution in [0, 0.1) is 0 Å². The van der Waals surface area contributed by atoms with Gasteiger partial charge in [0.2, 0.25) is 0 Å². The van der Waals surface area contributed by atoms with E-state index in [-0.39, 0.29) is 13.2 Å². The zero-order valence-electron chi connectivity index (χ0n) is 10.3. The number of hydrogen-bond acceptors (Lipinski definition) is 4. The Morgan fingerprint density at radius 3 is 2.31 bits per heavy atom. The molecule has 0 saturated carbocycles. The second kappa shape index (κ2) is 6.27. The van der Waals surface area contributed by atoms with Crippen molar-refractivity contribution in [2.75, 3.05) is 20.3 Å². The van der Waals surface area contributed by atoms with Crippen LogP contribution in [0.5, 0.6) is 0 Å². The average Bonchev–Trinajstić information content (AvgIpc) is 2.11. The van der Waals surface area contributed by atoms with Crippen molar-refractivity contribution >= 4 is 12.0 Å². The van der Waals surface area contributed by atoms with Crippen molar-refractivity contribution in [3.05, 3.63) is 12.7 Å². The summed E-state index contributed by atoms with van der Waals surface area (Å²) in [6.45, 7) is 8.63. The number of methoxy groups -OCH3 is 1. The average molecular weight is 229 g/mol. The van der Waals surface area contributed by atoms with E-state index >= 15 is 0 Å². The van der Waals surface area contributed by atoms with Crippen molar-refractivity contribution in [2.45, 2.75) is 26.4 Å². The van der Waals surface area contributed by atoms with Gasteiger partial charge in [-0.05, 0) is 20.8 Å². The van der Waals surface area contributed by atoms with E-state index in [1.165, 1.54) is 13.2 Å². The van der Waals surface area contributed by atoms with Gasteiger partial charge in [0.25, 0.3) is 5.91 Å². The summed E-state index contributed by atoms with van der Waals surface area (Å²) < 4.78 is 9.76. The van der Waals surface area contributed by atoms with Crippen LogP contribution in [0.1, 0.15) is 20.8 Å². The van der Waals surface area contributed by atoms with Crippen LogP contribution in [0.3, 0.4) is 0 Å². The number of hydrogen-bond donors (Lipinski definition) is 0. The molecule has 0 atom stereocenters. The maximum atomic E-state index is 11.6. The fourth-order valence-electron chi connectivity index (χ4n) is 0.926. The number of carbonyl (C=O) groups excluding carboxylic acids is 2. The lowest BCUT2D eigenvalue weighted by Crippen LogP contribution is -2.42. The molecule has 0 fully saturated rings. The third kappa shape index (κ3) is 5.50. The predicted octanol–water partition coefficient (Wildman–Crippen LogP) is 1.58. The van der Waals surface area contributed by atoms with Crippen molar-refractivity contribution in [1.29, 1.82) is 0 Å². The van der Waals surface area contributed by atoms with Crippen LogP contribution < -0.4 is 0 Å². The minimum atomic E-state index is -0.686. The van der Waals surface area contributed by atoms with Gasteiger partial charge in [0.15, 0.2) is 0 Å². The normalized spacial score (nSPS) is 10.8. The molecule has 5 heteroatoms. The van der Waals surface area contributed by atoms with E-state index in [9.17, 15) is 9.59 Å². The van der Waals surface area contributed by atoms with Gasteiger partial charge in [-0.25, -0.2) is 9.69 Å². The summed E-state index contributed by atoms with van der Waals surface area (Å²) in [4.78, 5) is 24.1. The van der Waals surface area contributed by atoms with Crippen LogP contribution in [0.15, 0.2) is 12.7 Å². The van der Waals surface area contributed by atoms with E-state index in [0.717, 1.165) is 4.90 Å². The van der Waals surface area contributed by atoms with Crippen LogP contribution in [0.4, 0.5) is 4.79 Å². The molecule has 0 spiro atoms. The molecule has 0 aromatic rings. The third-order valence-corrected chi connectivity index (χ3v) is 1.49. The molecule has 0 aliphatic rings. The molecular formula is C11H19NO4. The number of amides is 2. The Bertz CT molecular complexity index is 268. The molecule has 0 N–H and O–H groups in total. The zero-order chi connectivity index (χ0) is 12.8. The lowest BCUT2D eigenvalue weighted by molar-refractivity contribution is -0.133. The lowest BCUT2D eigenvalue weighted by atomic mass is 10.2. The van der Waals surface area contributed by atoms with Gasteiger partial charge >= 0.3 is 6.09 Å². The number of carbonyl (C=O) groups is 2. The van der Waals surface area contributed by atoms with E-state index in [1.54, 1.807) is 20.8 Å². The van der Waals surface area contributed by atoms with E-state index in [1.807, 2.05) is 0 Å². The largest absolute Gasteiger partial charge is 0.443 e. The first kappa shape index (κ1) is 14.6. The Hall–Kier alpha value is -1.36. The molecule has 0 aromatic carbocycles. The fraction of sp³-hybridized carbons (Fsp3) is 0.636. The van der Waals surface area contributed by atoms with Crippen LogP contribution in [0.25, 0.3) is 0 Å². The second-order valence-corrected chi connectivity index (χ2v) is 4.21. The summed E-state index contributed by atoms with van der Waals surface area (Å²) in [7, 11) is 1.39. The maximum absolute atomic E-state index is 11.6. The fourth-order valence-corrected chi connectivity index (χ4v) is 0.926. The van der Waals surface area contributed by atoms with Gasteiger partial charge in [0, 0.05) is 13.7 Å². The van der Waals surface area contributed by atoms with Crippen molar-refractivity contribution in [3.8, 4) is 0 Å². The van der Waals surface area contributed by atoms with Crippen LogP contribution in [-0.2, 0) is 14.3 Å². The summed E-state index contributed by atoms with van der Waals surface area (Å²) in [5.74, 6) is -0.448. The predicted molar refractivity (Wildman–Crippen MR) is 60.0 cm³/mol. The standard InChI is InChI=1S/C11H19NO4/c1-6-7-12(9(13)8-15-5)10(14)16-11(2,3)4/h6H,1,7-8H2,2-5H3. The first-order valence-corrected chi connectivity index (χ1v) is 4.95. The minimum absolute atomic E-state index is 0.108. The SMILES string of the molecule is C=CCN(C(=O)COC)C(=O)OC(C)(C)C. The molecule has 0 aliphatic carbocycles. The summed E-state index contributed by atoms with van der Waals surface area (Å²) in [5, 5.41) is 0. The topological polar surface area (TPSA) is 55.8 Å². The molecule has 0 unspecified atom stereocenters. The van der Waals surface area contributed by atoms with Crippen molar-refractivity contribution < 1.29 is 19.1 Å². The molecule has 0 saturated heterocycles. The smallest absolute Gasteiger partial charge is 0.417 e. The lowest BCUT2D eigenvalue weighted by Gasteiger charge is -2.25. The summed E-state index contributed by atoms with van der Waals surface area (Å²) in [6.07, 6.45) is 0.770. The van der Waals surface area contributed by atoms with Crippen LogP contribution in [-0.4, -0.2) is 42.8 Å². The van der Waals surface area contributed by atoms with Crippen molar-refractivity contribution in [1.82, 2.24) is 4.90 Å². The molecule has 16 heavy (non-hydrogen) atoms. The third-order valence-electron chi connectivity index (χ3n) is 1.49. The Balaban J connectivity index is 4.58. The molecule has 0 aliphatic heterocycles. The molecule has 0 aromatic heterocycles. The highest BCUT2D eigenvalue weighted by Crippen LogP contribution is 2.10. The monoisotopic (exact) mass is 229 g/mol. The molecule has 0 heterocycles. The second-order valence-electron chi connectivity index (χ2n) is 4.21. The summed E-state index contributed by atoms with van der Waals surface area (Å²) in [6, 6.07) is 0. The Morgan fingerprint density at radius 2 is 1.94 bits per heavy atom. The Kier molecular flexibility index (Phi) is 5.74. The highest BCUT2D eigenvalue weighted by Gasteiger charge is 2.25. The van der Waals surface area contributed by atoms with E-state index < -0.39 is 17.6 Å². The van der Waals surface area contributed by atoms with Gasteiger partial charge in [-0.2, -0.15) is 0 Å². The first-order valence-electron chi connectivity index (χ1n) is 4.95. The van der Waals surface area contributed by atoms with Gasteiger partial charge in [-0.3, -0.25) is 4.79 Å². The van der Waals surface area contributed by atoms with Crippen LogP contribution in [0.2, 0.25) is 0 Å². The van der Waals surface area contributed by atoms with Gasteiger partial charge in [0.05, 0.1) is 0 Å². The van der Waals surface area contributed by atoms with Gasteiger partial charge in [0.1, 0.15) is 12.2 Å². The summed E-state index contributed by atoms with van der Waals surface area (Å²) >= 11 is 0. The molecule has 0 bridgehead atoms. The molecule has 0 radical (unpaired) electrons. The highest BCUT2D eigenvalue weighted by molar-refractivity contribution is 5.92. The van der Waals surface area contributed by atoms with Crippen LogP contribution >= 0.6 is 0 Å². The molecule has 2 amide bonds. The maximum Gasteiger partial charge on any atom is 0.417 e.